The molecule has 0 aliphatic carbocycles. The summed E-state index contributed by atoms with van der Waals surface area (Å²) in [5, 5.41) is 11.9. The standard InChI is InChI=1S/C18H19NO4/c1-2-23-17(20)18(19(21)22,13-15-9-5-3-6-10-15)14-16-11-7-4-8-12-16/h3-12H,2,13-14H2,1H3. The molecule has 0 fully saturated rings. The van der Waals surface area contributed by atoms with Gasteiger partial charge in [-0.1, -0.05) is 60.7 Å². The van der Waals surface area contributed by atoms with Crippen LogP contribution in [0.5, 0.6) is 0 Å². The van der Waals surface area contributed by atoms with Gasteiger partial charge < -0.3 is 4.74 Å². The Morgan fingerprint density at radius 3 is 1.78 bits per heavy atom. The lowest BCUT2D eigenvalue weighted by atomic mass is 9.85. The summed E-state index contributed by atoms with van der Waals surface area (Å²) in [6.07, 6.45) is -0.0108. The fourth-order valence-electron chi connectivity index (χ4n) is 2.54. The normalized spacial score (nSPS) is 11.0. The molecule has 0 spiro atoms. The molecule has 0 bridgehead atoms. The summed E-state index contributed by atoms with van der Waals surface area (Å²) in [5.74, 6) is -0.794. The highest BCUT2D eigenvalue weighted by Crippen LogP contribution is 2.25. The lowest BCUT2D eigenvalue weighted by molar-refractivity contribution is -0.555. The van der Waals surface area contributed by atoms with E-state index in [9.17, 15) is 14.9 Å². The molecule has 0 aliphatic rings. The van der Waals surface area contributed by atoms with Crippen LogP contribution in [-0.4, -0.2) is 23.0 Å². The quantitative estimate of drug-likeness (QED) is 0.447. The fraction of sp³-hybridized carbons (Fsp3) is 0.278. The zero-order valence-corrected chi connectivity index (χ0v) is 13.0. The maximum atomic E-state index is 12.5. The summed E-state index contributed by atoms with van der Waals surface area (Å²) in [4.78, 5) is 23.8. The molecule has 5 heteroatoms. The smallest absolute Gasteiger partial charge is 0.385 e. The van der Waals surface area contributed by atoms with Crippen molar-refractivity contribution >= 4 is 5.97 Å². The van der Waals surface area contributed by atoms with Crippen LogP contribution in [0.2, 0.25) is 0 Å². The zero-order valence-electron chi connectivity index (χ0n) is 13.0. The molecule has 23 heavy (non-hydrogen) atoms. The van der Waals surface area contributed by atoms with Crippen LogP contribution in [0.25, 0.3) is 0 Å². The lowest BCUT2D eigenvalue weighted by Gasteiger charge is -2.23. The highest BCUT2D eigenvalue weighted by molar-refractivity contribution is 5.80. The van der Waals surface area contributed by atoms with E-state index in [1.54, 1.807) is 55.5 Å². The highest BCUT2D eigenvalue weighted by atomic mass is 16.6. The van der Waals surface area contributed by atoms with Gasteiger partial charge in [-0.05, 0) is 18.1 Å². The van der Waals surface area contributed by atoms with Crippen molar-refractivity contribution in [3.63, 3.8) is 0 Å². The van der Waals surface area contributed by atoms with Crippen LogP contribution in [-0.2, 0) is 22.4 Å². The number of esters is 1. The van der Waals surface area contributed by atoms with Crippen molar-refractivity contribution in [1.82, 2.24) is 0 Å². The summed E-state index contributed by atoms with van der Waals surface area (Å²) < 4.78 is 5.03. The third-order valence-corrected chi connectivity index (χ3v) is 3.68. The van der Waals surface area contributed by atoms with Crippen molar-refractivity contribution in [2.45, 2.75) is 25.3 Å². The average Bonchev–Trinajstić information content (AvgIpc) is 2.56. The first-order chi connectivity index (χ1) is 11.1. The van der Waals surface area contributed by atoms with E-state index in [4.69, 9.17) is 4.74 Å². The molecule has 5 nitrogen and oxygen atoms in total. The maximum Gasteiger partial charge on any atom is 0.385 e. The minimum absolute atomic E-state index is 0.00539. The Bertz CT molecular complexity index is 614. The van der Waals surface area contributed by atoms with E-state index in [1.165, 1.54) is 0 Å². The van der Waals surface area contributed by atoms with Gasteiger partial charge in [0.1, 0.15) is 0 Å². The highest BCUT2D eigenvalue weighted by Gasteiger charge is 2.52. The van der Waals surface area contributed by atoms with Crippen LogP contribution in [0.3, 0.4) is 0 Å². The molecular weight excluding hydrogens is 294 g/mol. The molecule has 0 aromatic heterocycles. The Balaban J connectivity index is 2.42. The van der Waals surface area contributed by atoms with Crippen molar-refractivity contribution < 1.29 is 14.5 Å². The topological polar surface area (TPSA) is 69.4 Å². The Kier molecular flexibility index (Phi) is 5.46. The van der Waals surface area contributed by atoms with Gasteiger partial charge in [0.2, 0.25) is 0 Å². The van der Waals surface area contributed by atoms with Crippen molar-refractivity contribution in [2.24, 2.45) is 0 Å². The second kappa shape index (κ2) is 7.54. The molecule has 2 aromatic carbocycles. The van der Waals surface area contributed by atoms with Crippen molar-refractivity contribution in [3.05, 3.63) is 81.9 Å². The Morgan fingerprint density at radius 2 is 1.43 bits per heavy atom. The van der Waals surface area contributed by atoms with Crippen molar-refractivity contribution in [1.29, 1.82) is 0 Å². The predicted molar refractivity (Wildman–Crippen MR) is 86.7 cm³/mol. The summed E-state index contributed by atoms with van der Waals surface area (Å²) >= 11 is 0. The van der Waals surface area contributed by atoms with E-state index in [1.807, 2.05) is 12.1 Å². The van der Waals surface area contributed by atoms with Crippen molar-refractivity contribution in [3.8, 4) is 0 Å². The van der Waals surface area contributed by atoms with Gasteiger partial charge in [-0.15, -0.1) is 0 Å². The van der Waals surface area contributed by atoms with E-state index in [-0.39, 0.29) is 19.4 Å². The average molecular weight is 313 g/mol. The van der Waals surface area contributed by atoms with E-state index >= 15 is 0 Å². The van der Waals surface area contributed by atoms with Crippen LogP contribution >= 0.6 is 0 Å². The molecule has 0 saturated carbocycles. The zero-order chi connectivity index (χ0) is 16.7. The minimum atomic E-state index is -1.82. The molecule has 120 valence electrons. The maximum absolute atomic E-state index is 12.5. The van der Waals surface area contributed by atoms with Gasteiger partial charge in [0.25, 0.3) is 0 Å². The fourth-order valence-corrected chi connectivity index (χ4v) is 2.54. The van der Waals surface area contributed by atoms with Gasteiger partial charge in [0.05, 0.1) is 19.4 Å². The number of carbonyl (C=O) groups excluding carboxylic acids is 1. The van der Waals surface area contributed by atoms with Crippen LogP contribution < -0.4 is 0 Å². The predicted octanol–water partition coefficient (Wildman–Crippen LogP) is 3.05. The summed E-state index contributed by atoms with van der Waals surface area (Å²) in [5.41, 5.74) is -0.361. The first-order valence-corrected chi connectivity index (χ1v) is 7.48. The molecule has 0 saturated heterocycles. The van der Waals surface area contributed by atoms with Gasteiger partial charge in [-0.25, -0.2) is 4.79 Å². The Hall–Kier alpha value is -2.69. The van der Waals surface area contributed by atoms with E-state index < -0.39 is 16.4 Å². The molecule has 0 N–H and O–H groups in total. The third-order valence-electron chi connectivity index (χ3n) is 3.68. The van der Waals surface area contributed by atoms with Crippen LogP contribution in [0, 0.1) is 10.1 Å². The first kappa shape index (κ1) is 16.7. The number of hydrogen-bond donors (Lipinski definition) is 0. The third kappa shape index (κ3) is 3.94. The number of hydrogen-bond acceptors (Lipinski definition) is 4. The summed E-state index contributed by atoms with van der Waals surface area (Å²) in [6.45, 7) is 1.76. The summed E-state index contributed by atoms with van der Waals surface area (Å²) in [6, 6.07) is 18.0. The number of nitro groups is 1. The van der Waals surface area contributed by atoms with Crippen LogP contribution in [0.4, 0.5) is 0 Å². The van der Waals surface area contributed by atoms with E-state index in [2.05, 4.69) is 0 Å². The second-order valence-electron chi connectivity index (χ2n) is 5.33. The minimum Gasteiger partial charge on any atom is -0.461 e. The number of nitrogens with zero attached hydrogens (tertiary/aromatic N) is 1. The largest absolute Gasteiger partial charge is 0.461 e. The molecule has 0 aliphatic heterocycles. The van der Waals surface area contributed by atoms with Crippen LogP contribution in [0.1, 0.15) is 18.1 Å². The lowest BCUT2D eigenvalue weighted by Crippen LogP contribution is -2.51. The molecule has 0 atom stereocenters. The molecular formula is C18H19NO4. The van der Waals surface area contributed by atoms with Gasteiger partial charge in [0.15, 0.2) is 0 Å². The number of ether oxygens (including phenoxy) is 1. The van der Waals surface area contributed by atoms with Crippen molar-refractivity contribution in [2.75, 3.05) is 6.61 Å². The van der Waals surface area contributed by atoms with Crippen LogP contribution in [0.15, 0.2) is 60.7 Å². The monoisotopic (exact) mass is 313 g/mol. The molecule has 0 radical (unpaired) electrons. The molecule has 0 amide bonds. The van der Waals surface area contributed by atoms with Gasteiger partial charge in [-0.2, -0.15) is 0 Å². The van der Waals surface area contributed by atoms with E-state index in [0.29, 0.717) is 0 Å². The number of carbonyl (C=O) groups is 1. The van der Waals surface area contributed by atoms with Gasteiger partial charge in [0, 0.05) is 4.92 Å². The number of benzene rings is 2. The second-order valence-corrected chi connectivity index (χ2v) is 5.33. The Morgan fingerprint density at radius 1 is 1.00 bits per heavy atom. The molecule has 0 heterocycles. The van der Waals surface area contributed by atoms with E-state index in [0.717, 1.165) is 11.1 Å². The molecule has 2 rings (SSSR count). The Labute approximate surface area is 135 Å². The first-order valence-electron chi connectivity index (χ1n) is 7.48. The molecule has 2 aromatic rings. The summed E-state index contributed by atoms with van der Waals surface area (Å²) in [7, 11) is 0. The SMILES string of the molecule is CCOC(=O)C(Cc1ccccc1)(Cc1ccccc1)[N+](=O)[O-]. The van der Waals surface area contributed by atoms with Gasteiger partial charge >= 0.3 is 11.5 Å². The molecule has 0 unspecified atom stereocenters. The van der Waals surface area contributed by atoms with Gasteiger partial charge in [-0.3, -0.25) is 10.1 Å². The number of rotatable bonds is 7.